The molecule has 0 unspecified atom stereocenters. The van der Waals surface area contributed by atoms with Crippen LogP contribution in [0.2, 0.25) is 0 Å². The zero-order chi connectivity index (χ0) is 27.9. The lowest BCUT2D eigenvalue weighted by molar-refractivity contribution is 0.0730. The fourth-order valence-corrected chi connectivity index (χ4v) is 6.29. The Balaban J connectivity index is 1.29. The summed E-state index contributed by atoms with van der Waals surface area (Å²) in [5.41, 5.74) is 7.58. The summed E-state index contributed by atoms with van der Waals surface area (Å²) < 4.78 is 11.1. The van der Waals surface area contributed by atoms with E-state index in [-0.39, 0.29) is 18.8 Å². The van der Waals surface area contributed by atoms with Gasteiger partial charge in [-0.1, -0.05) is 23.8 Å². The van der Waals surface area contributed by atoms with Crippen molar-refractivity contribution in [3.63, 3.8) is 0 Å². The summed E-state index contributed by atoms with van der Waals surface area (Å²) in [6.07, 6.45) is 4.55. The predicted molar refractivity (Wildman–Crippen MR) is 159 cm³/mol. The van der Waals surface area contributed by atoms with E-state index in [1.54, 1.807) is 0 Å². The van der Waals surface area contributed by atoms with E-state index >= 15 is 0 Å². The number of aromatic nitrogens is 1. The molecular formula is C34H35N3O4. The maximum absolute atomic E-state index is 14.0. The fraction of sp³-hybridized carbons (Fsp3) is 0.353. The van der Waals surface area contributed by atoms with Gasteiger partial charge in [0.1, 0.15) is 5.82 Å². The Morgan fingerprint density at radius 3 is 2.51 bits per heavy atom. The molecule has 7 heteroatoms. The first kappa shape index (κ1) is 25.8. The number of aliphatic hydroxyl groups excluding tert-OH is 1. The molecule has 3 heterocycles. The van der Waals surface area contributed by atoms with Crippen molar-refractivity contribution in [1.29, 1.82) is 0 Å². The molecule has 210 valence electrons. The zero-order valence-electron chi connectivity index (χ0n) is 23.4. The molecule has 1 saturated heterocycles. The van der Waals surface area contributed by atoms with Crippen molar-refractivity contribution < 1.29 is 19.4 Å². The van der Waals surface area contributed by atoms with E-state index in [0.29, 0.717) is 37.2 Å². The number of aryl methyl sites for hydroxylation is 3. The minimum Gasteiger partial charge on any atom is -0.454 e. The average molecular weight is 550 g/mol. The van der Waals surface area contributed by atoms with Gasteiger partial charge >= 0.3 is 0 Å². The Kier molecular flexibility index (Phi) is 6.75. The number of benzene rings is 3. The third kappa shape index (κ3) is 5.22. The molecule has 0 radical (unpaired) electrons. The molecule has 1 N–H and O–H groups in total. The predicted octanol–water partition coefficient (Wildman–Crippen LogP) is 5.56. The number of carbonyl (C=O) groups excluding carboxylic acids is 1. The first-order valence-electron chi connectivity index (χ1n) is 14.6. The van der Waals surface area contributed by atoms with Crippen molar-refractivity contribution in [3.05, 3.63) is 94.0 Å². The summed E-state index contributed by atoms with van der Waals surface area (Å²) in [5.74, 6) is 2.32. The summed E-state index contributed by atoms with van der Waals surface area (Å²) >= 11 is 0. The molecule has 2 aliphatic heterocycles. The summed E-state index contributed by atoms with van der Waals surface area (Å²) in [6.45, 7) is 4.56. The number of anilines is 1. The lowest BCUT2D eigenvalue weighted by Gasteiger charge is -2.33. The van der Waals surface area contributed by atoms with Crippen LogP contribution < -0.4 is 14.4 Å². The molecule has 0 spiro atoms. The number of pyridine rings is 1. The van der Waals surface area contributed by atoms with Crippen molar-refractivity contribution in [2.24, 2.45) is 0 Å². The van der Waals surface area contributed by atoms with Gasteiger partial charge in [0, 0.05) is 42.7 Å². The maximum Gasteiger partial charge on any atom is 0.254 e. The Morgan fingerprint density at radius 2 is 1.71 bits per heavy atom. The van der Waals surface area contributed by atoms with Gasteiger partial charge in [0.25, 0.3) is 5.91 Å². The SMILES string of the molecule is Cc1ccc(C(=O)N(Cc2ccc3c(c2)OCO3)Cc2cc3cc4c(cc3nc2N2CCC(O)CC2)CCC4)cc1. The normalized spacial score (nSPS) is 16.3. The average Bonchev–Trinajstić information content (AvgIpc) is 3.65. The molecule has 4 aromatic rings. The van der Waals surface area contributed by atoms with Crippen LogP contribution in [0.5, 0.6) is 11.5 Å². The monoisotopic (exact) mass is 549 g/mol. The molecule has 41 heavy (non-hydrogen) atoms. The maximum atomic E-state index is 14.0. The smallest absolute Gasteiger partial charge is 0.254 e. The zero-order valence-corrected chi connectivity index (χ0v) is 23.4. The van der Waals surface area contributed by atoms with E-state index in [0.717, 1.165) is 65.1 Å². The second-order valence-corrected chi connectivity index (χ2v) is 11.6. The molecule has 3 aliphatic rings. The van der Waals surface area contributed by atoms with E-state index < -0.39 is 0 Å². The number of rotatable bonds is 6. The number of amides is 1. The number of ether oxygens (including phenoxy) is 2. The van der Waals surface area contributed by atoms with Gasteiger partial charge in [0.05, 0.1) is 11.6 Å². The molecule has 1 fully saturated rings. The Hall–Kier alpha value is -4.10. The Morgan fingerprint density at radius 1 is 0.951 bits per heavy atom. The van der Waals surface area contributed by atoms with E-state index in [1.165, 1.54) is 17.5 Å². The largest absolute Gasteiger partial charge is 0.454 e. The fourth-order valence-electron chi connectivity index (χ4n) is 6.29. The second-order valence-electron chi connectivity index (χ2n) is 11.6. The summed E-state index contributed by atoms with van der Waals surface area (Å²) in [5, 5.41) is 11.3. The number of piperidine rings is 1. The Bertz CT molecular complexity index is 1610. The van der Waals surface area contributed by atoms with Gasteiger partial charge in [-0.25, -0.2) is 4.98 Å². The van der Waals surface area contributed by atoms with Crippen LogP contribution in [-0.4, -0.2) is 46.9 Å². The van der Waals surface area contributed by atoms with Crippen molar-refractivity contribution in [3.8, 4) is 11.5 Å². The van der Waals surface area contributed by atoms with E-state index in [9.17, 15) is 9.90 Å². The third-order valence-electron chi connectivity index (χ3n) is 8.61. The molecule has 7 rings (SSSR count). The first-order chi connectivity index (χ1) is 20.0. The summed E-state index contributed by atoms with van der Waals surface area (Å²) in [7, 11) is 0. The highest BCUT2D eigenvalue weighted by molar-refractivity contribution is 5.94. The minimum absolute atomic E-state index is 0.0308. The van der Waals surface area contributed by atoms with E-state index in [2.05, 4.69) is 23.1 Å². The topological polar surface area (TPSA) is 75.1 Å². The van der Waals surface area contributed by atoms with Crippen LogP contribution in [0.1, 0.15) is 57.4 Å². The van der Waals surface area contributed by atoms with Crippen LogP contribution in [0.15, 0.2) is 60.7 Å². The molecule has 0 bridgehead atoms. The van der Waals surface area contributed by atoms with Crippen LogP contribution in [0, 0.1) is 6.92 Å². The summed E-state index contributed by atoms with van der Waals surface area (Å²) in [6, 6.07) is 20.4. The molecule has 3 aromatic carbocycles. The molecule has 1 aromatic heterocycles. The van der Waals surface area contributed by atoms with E-state index in [1.807, 2.05) is 54.3 Å². The van der Waals surface area contributed by atoms with Crippen LogP contribution in [0.3, 0.4) is 0 Å². The van der Waals surface area contributed by atoms with Gasteiger partial charge in [0.2, 0.25) is 6.79 Å². The number of nitrogens with zero attached hydrogens (tertiary/aromatic N) is 3. The minimum atomic E-state index is -0.274. The quantitative estimate of drug-likeness (QED) is 0.339. The highest BCUT2D eigenvalue weighted by Gasteiger charge is 2.25. The van der Waals surface area contributed by atoms with Gasteiger partial charge < -0.3 is 24.4 Å². The van der Waals surface area contributed by atoms with Gasteiger partial charge in [-0.2, -0.15) is 0 Å². The third-order valence-corrected chi connectivity index (χ3v) is 8.61. The lowest BCUT2D eigenvalue weighted by Crippen LogP contribution is -2.38. The van der Waals surface area contributed by atoms with Gasteiger partial charge in [0.15, 0.2) is 11.5 Å². The van der Waals surface area contributed by atoms with Gasteiger partial charge in [-0.15, -0.1) is 0 Å². The standard InChI is InChI=1S/C34H35N3O4/c1-22-5-8-24(9-6-22)34(39)37(19-23-7-10-31-32(15-23)41-21-40-31)20-28-17-27-16-25-3-2-4-26(25)18-30(27)35-33(28)36-13-11-29(38)12-14-36/h5-10,15-18,29,38H,2-4,11-14,19-21H2,1H3. The van der Waals surface area contributed by atoms with Crippen LogP contribution in [0.25, 0.3) is 10.9 Å². The number of fused-ring (bicyclic) bond motifs is 3. The van der Waals surface area contributed by atoms with Crippen LogP contribution in [-0.2, 0) is 25.9 Å². The molecule has 0 saturated carbocycles. The summed E-state index contributed by atoms with van der Waals surface area (Å²) in [4.78, 5) is 23.5. The molecule has 0 atom stereocenters. The van der Waals surface area contributed by atoms with Crippen molar-refractivity contribution >= 4 is 22.6 Å². The molecule has 7 nitrogen and oxygen atoms in total. The lowest BCUT2D eigenvalue weighted by atomic mass is 10.0. The second kappa shape index (κ2) is 10.7. The van der Waals surface area contributed by atoms with Crippen molar-refractivity contribution in [1.82, 2.24) is 9.88 Å². The van der Waals surface area contributed by atoms with Crippen LogP contribution >= 0.6 is 0 Å². The highest BCUT2D eigenvalue weighted by atomic mass is 16.7. The molecule has 1 amide bonds. The van der Waals surface area contributed by atoms with Crippen molar-refractivity contribution in [2.45, 2.75) is 58.2 Å². The Labute approximate surface area is 240 Å². The number of carbonyl (C=O) groups is 1. The first-order valence-corrected chi connectivity index (χ1v) is 14.6. The molecule has 1 aliphatic carbocycles. The van der Waals surface area contributed by atoms with Gasteiger partial charge in [-0.05, 0) is 98.2 Å². The molecular weight excluding hydrogens is 514 g/mol. The number of hydrogen-bond acceptors (Lipinski definition) is 6. The van der Waals surface area contributed by atoms with Crippen LogP contribution in [0.4, 0.5) is 5.82 Å². The number of hydrogen-bond donors (Lipinski definition) is 1. The highest BCUT2D eigenvalue weighted by Crippen LogP contribution is 2.35. The van der Waals surface area contributed by atoms with Gasteiger partial charge in [-0.3, -0.25) is 4.79 Å². The number of aliphatic hydroxyl groups is 1. The van der Waals surface area contributed by atoms with E-state index in [4.69, 9.17) is 14.5 Å². The van der Waals surface area contributed by atoms with Crippen molar-refractivity contribution in [2.75, 3.05) is 24.8 Å².